The highest BCUT2D eigenvalue weighted by Crippen LogP contribution is 2.38. The van der Waals surface area contributed by atoms with Crippen LogP contribution in [0.3, 0.4) is 0 Å². The standard InChI is InChI=1S/C29H22BrFN2O4/c1-36-26-15-19(14-25-28(34)33(29(35)32-25)16-18-9-11-22(31)12-10-18)13-24(30)27(26)37-17-21-7-4-6-20-5-2-3-8-23(20)21/h2-15H,16-17H2,1H3,(H,32,35)/b25-14-. The van der Waals surface area contributed by atoms with E-state index in [4.69, 9.17) is 9.47 Å². The number of ether oxygens (including phenoxy) is 2. The summed E-state index contributed by atoms with van der Waals surface area (Å²) in [5.41, 5.74) is 2.45. The number of hydrogen-bond donors (Lipinski definition) is 1. The Morgan fingerprint density at radius 1 is 1.00 bits per heavy atom. The van der Waals surface area contributed by atoms with Crippen molar-refractivity contribution in [1.29, 1.82) is 0 Å². The lowest BCUT2D eigenvalue weighted by Gasteiger charge is -2.15. The molecule has 4 aromatic rings. The molecule has 0 bridgehead atoms. The molecule has 5 rings (SSSR count). The first-order chi connectivity index (χ1) is 17.9. The number of carbonyl (C=O) groups excluding carboxylic acids is 2. The van der Waals surface area contributed by atoms with Gasteiger partial charge in [0, 0.05) is 0 Å². The zero-order chi connectivity index (χ0) is 25.9. The van der Waals surface area contributed by atoms with Crippen molar-refractivity contribution in [1.82, 2.24) is 10.2 Å². The number of methoxy groups -OCH3 is 1. The summed E-state index contributed by atoms with van der Waals surface area (Å²) in [5, 5.41) is 4.85. The van der Waals surface area contributed by atoms with Crippen LogP contribution in [-0.4, -0.2) is 23.9 Å². The van der Waals surface area contributed by atoms with Gasteiger partial charge in [-0.15, -0.1) is 0 Å². The van der Waals surface area contributed by atoms with E-state index in [-0.39, 0.29) is 18.1 Å². The van der Waals surface area contributed by atoms with Gasteiger partial charge < -0.3 is 14.8 Å². The van der Waals surface area contributed by atoms with E-state index in [9.17, 15) is 14.0 Å². The maximum absolute atomic E-state index is 13.2. The average Bonchev–Trinajstić information content (AvgIpc) is 3.16. The first-order valence-electron chi connectivity index (χ1n) is 11.5. The van der Waals surface area contributed by atoms with Crippen LogP contribution in [0.5, 0.6) is 11.5 Å². The topological polar surface area (TPSA) is 67.9 Å². The van der Waals surface area contributed by atoms with Gasteiger partial charge in [-0.1, -0.05) is 54.6 Å². The van der Waals surface area contributed by atoms with E-state index in [0.29, 0.717) is 33.7 Å². The number of amides is 3. The second-order valence-electron chi connectivity index (χ2n) is 8.47. The number of nitrogens with zero attached hydrogens (tertiary/aromatic N) is 1. The molecule has 1 N–H and O–H groups in total. The first kappa shape index (κ1) is 24.5. The maximum atomic E-state index is 13.2. The summed E-state index contributed by atoms with van der Waals surface area (Å²) in [6.07, 6.45) is 1.58. The van der Waals surface area contributed by atoms with Crippen LogP contribution in [-0.2, 0) is 17.9 Å². The molecule has 0 saturated carbocycles. The summed E-state index contributed by atoms with van der Waals surface area (Å²) in [4.78, 5) is 26.4. The fraction of sp³-hybridized carbons (Fsp3) is 0.103. The molecule has 1 heterocycles. The summed E-state index contributed by atoms with van der Waals surface area (Å²) < 4.78 is 25.5. The van der Waals surface area contributed by atoms with Gasteiger partial charge in [0.2, 0.25) is 0 Å². The molecule has 0 aliphatic carbocycles. The third-order valence-electron chi connectivity index (χ3n) is 6.03. The molecule has 0 aromatic heterocycles. The van der Waals surface area contributed by atoms with Crippen LogP contribution in [0.4, 0.5) is 9.18 Å². The minimum absolute atomic E-state index is 0.0379. The number of halogens is 2. The predicted octanol–water partition coefficient (Wildman–Crippen LogP) is 6.42. The summed E-state index contributed by atoms with van der Waals surface area (Å²) in [5.74, 6) is 0.144. The molecule has 1 fully saturated rings. The fourth-order valence-corrected chi connectivity index (χ4v) is 4.76. The van der Waals surface area contributed by atoms with Gasteiger partial charge in [0.25, 0.3) is 5.91 Å². The molecule has 3 amide bonds. The lowest BCUT2D eigenvalue weighted by molar-refractivity contribution is -0.123. The highest BCUT2D eigenvalue weighted by Gasteiger charge is 2.33. The highest BCUT2D eigenvalue weighted by atomic mass is 79.9. The van der Waals surface area contributed by atoms with E-state index < -0.39 is 11.9 Å². The molecule has 0 radical (unpaired) electrons. The maximum Gasteiger partial charge on any atom is 0.329 e. The van der Waals surface area contributed by atoms with Crippen LogP contribution in [0, 0.1) is 5.82 Å². The van der Waals surface area contributed by atoms with E-state index in [1.165, 1.54) is 31.4 Å². The van der Waals surface area contributed by atoms with Gasteiger partial charge in [-0.05, 0) is 73.7 Å². The summed E-state index contributed by atoms with van der Waals surface area (Å²) in [6, 6.07) is 22.8. The van der Waals surface area contributed by atoms with Gasteiger partial charge in [0.1, 0.15) is 18.1 Å². The molecule has 1 saturated heterocycles. The number of fused-ring (bicyclic) bond motifs is 1. The van der Waals surface area contributed by atoms with Gasteiger partial charge in [0.15, 0.2) is 11.5 Å². The van der Waals surface area contributed by atoms with E-state index in [1.54, 1.807) is 18.2 Å². The SMILES string of the molecule is COc1cc(/C=C2\NC(=O)N(Cc3ccc(F)cc3)C2=O)cc(Br)c1OCc1cccc2ccccc12. The first-order valence-corrected chi connectivity index (χ1v) is 12.3. The molecular weight excluding hydrogens is 539 g/mol. The minimum atomic E-state index is -0.540. The van der Waals surface area contributed by atoms with Crippen LogP contribution in [0.25, 0.3) is 16.8 Å². The lowest BCUT2D eigenvalue weighted by atomic mass is 10.1. The van der Waals surface area contributed by atoms with Crippen LogP contribution < -0.4 is 14.8 Å². The number of rotatable bonds is 7. The molecular formula is C29H22BrFN2O4. The number of urea groups is 1. The van der Waals surface area contributed by atoms with Crippen molar-refractivity contribution in [3.05, 3.63) is 112 Å². The molecule has 1 aliphatic rings. The van der Waals surface area contributed by atoms with E-state index in [2.05, 4.69) is 39.4 Å². The molecule has 1 aliphatic heterocycles. The van der Waals surface area contributed by atoms with Gasteiger partial charge in [0.05, 0.1) is 18.1 Å². The molecule has 37 heavy (non-hydrogen) atoms. The van der Waals surface area contributed by atoms with E-state index >= 15 is 0 Å². The molecule has 0 spiro atoms. The average molecular weight is 561 g/mol. The quantitative estimate of drug-likeness (QED) is 0.209. The third-order valence-corrected chi connectivity index (χ3v) is 6.62. The second kappa shape index (κ2) is 10.4. The number of imide groups is 1. The number of benzene rings is 4. The minimum Gasteiger partial charge on any atom is -0.493 e. The summed E-state index contributed by atoms with van der Waals surface area (Å²) in [7, 11) is 1.54. The summed E-state index contributed by atoms with van der Waals surface area (Å²) >= 11 is 3.55. The van der Waals surface area contributed by atoms with Crippen LogP contribution in [0.2, 0.25) is 0 Å². The van der Waals surface area contributed by atoms with Crippen LogP contribution in [0.15, 0.2) is 89.0 Å². The van der Waals surface area contributed by atoms with Gasteiger partial charge >= 0.3 is 6.03 Å². The smallest absolute Gasteiger partial charge is 0.329 e. The molecule has 8 heteroatoms. The van der Waals surface area contributed by atoms with Gasteiger partial charge in [-0.3, -0.25) is 9.69 Å². The van der Waals surface area contributed by atoms with Gasteiger partial charge in [-0.25, -0.2) is 9.18 Å². The second-order valence-corrected chi connectivity index (χ2v) is 9.32. The predicted molar refractivity (Wildman–Crippen MR) is 142 cm³/mol. The number of nitrogens with one attached hydrogen (secondary N) is 1. The molecule has 0 atom stereocenters. The molecule has 6 nitrogen and oxygen atoms in total. The van der Waals surface area contributed by atoms with E-state index in [1.807, 2.05) is 24.3 Å². The Balaban J connectivity index is 1.36. The normalized spacial score (nSPS) is 14.4. The fourth-order valence-electron chi connectivity index (χ4n) is 4.19. The van der Waals surface area contributed by atoms with Crippen molar-refractivity contribution in [2.75, 3.05) is 7.11 Å². The third kappa shape index (κ3) is 5.20. The highest BCUT2D eigenvalue weighted by molar-refractivity contribution is 9.10. The Bertz CT molecular complexity index is 1530. The Morgan fingerprint density at radius 2 is 1.76 bits per heavy atom. The number of carbonyl (C=O) groups is 2. The van der Waals surface area contributed by atoms with Crippen LogP contribution in [0.1, 0.15) is 16.7 Å². The molecule has 0 unspecified atom stereocenters. The van der Waals surface area contributed by atoms with Gasteiger partial charge in [-0.2, -0.15) is 0 Å². The Kier molecular flexibility index (Phi) is 6.92. The largest absolute Gasteiger partial charge is 0.493 e. The molecule has 4 aromatic carbocycles. The van der Waals surface area contributed by atoms with E-state index in [0.717, 1.165) is 21.2 Å². The Morgan fingerprint density at radius 3 is 2.54 bits per heavy atom. The van der Waals surface area contributed by atoms with Crippen molar-refractivity contribution < 1.29 is 23.5 Å². The molecule has 186 valence electrons. The van der Waals surface area contributed by atoms with Crippen molar-refractivity contribution in [2.24, 2.45) is 0 Å². The Labute approximate surface area is 221 Å². The van der Waals surface area contributed by atoms with Crippen molar-refractivity contribution in [2.45, 2.75) is 13.2 Å². The number of hydrogen-bond acceptors (Lipinski definition) is 4. The summed E-state index contributed by atoms with van der Waals surface area (Å²) in [6.45, 7) is 0.375. The zero-order valence-corrected chi connectivity index (χ0v) is 21.4. The lowest BCUT2D eigenvalue weighted by Crippen LogP contribution is -2.30. The Hall–Kier alpha value is -4.17. The van der Waals surface area contributed by atoms with Crippen molar-refractivity contribution in [3.8, 4) is 11.5 Å². The monoisotopic (exact) mass is 560 g/mol. The van der Waals surface area contributed by atoms with Crippen molar-refractivity contribution >= 4 is 44.7 Å². The van der Waals surface area contributed by atoms with Crippen molar-refractivity contribution in [3.63, 3.8) is 0 Å². The zero-order valence-electron chi connectivity index (χ0n) is 19.8. The van der Waals surface area contributed by atoms with Crippen LogP contribution >= 0.6 is 15.9 Å².